The average molecular weight is 268 g/mol. The lowest BCUT2D eigenvalue weighted by Gasteiger charge is -2.35. The van der Waals surface area contributed by atoms with Crippen molar-refractivity contribution in [3.63, 3.8) is 0 Å². The lowest BCUT2D eigenvalue weighted by Crippen LogP contribution is -2.39. The van der Waals surface area contributed by atoms with Gasteiger partial charge < -0.3 is 10.2 Å². The smallest absolute Gasteiger partial charge is 0.00951 e. The maximum Gasteiger partial charge on any atom is 0.00951 e. The summed E-state index contributed by atoms with van der Waals surface area (Å²) in [5.74, 6) is 0. The van der Waals surface area contributed by atoms with Gasteiger partial charge in [0.15, 0.2) is 0 Å². The van der Waals surface area contributed by atoms with E-state index >= 15 is 0 Å². The van der Waals surface area contributed by atoms with Gasteiger partial charge in [-0.15, -0.1) is 0 Å². The fraction of sp³-hybridized carbons (Fsp3) is 1.00. The molecule has 2 heteroatoms. The summed E-state index contributed by atoms with van der Waals surface area (Å²) in [5.41, 5.74) is 0. The van der Waals surface area contributed by atoms with Gasteiger partial charge in [-0.1, -0.05) is 39.5 Å². The molecule has 1 aliphatic heterocycles. The molecule has 0 saturated carbocycles. The van der Waals surface area contributed by atoms with Crippen LogP contribution < -0.4 is 5.32 Å². The molecule has 0 aliphatic carbocycles. The van der Waals surface area contributed by atoms with Gasteiger partial charge in [0, 0.05) is 6.04 Å². The third-order valence-electron chi connectivity index (χ3n) is 4.35. The Bertz CT molecular complexity index is 192. The second-order valence-corrected chi connectivity index (χ2v) is 6.14. The van der Waals surface area contributed by atoms with E-state index < -0.39 is 0 Å². The van der Waals surface area contributed by atoms with Gasteiger partial charge in [0.2, 0.25) is 0 Å². The van der Waals surface area contributed by atoms with E-state index in [1.54, 1.807) is 0 Å². The van der Waals surface area contributed by atoms with Gasteiger partial charge >= 0.3 is 0 Å². The molecule has 1 saturated heterocycles. The van der Waals surface area contributed by atoms with Crippen LogP contribution in [0, 0.1) is 0 Å². The summed E-state index contributed by atoms with van der Waals surface area (Å²) in [6.07, 6.45) is 14.0. The highest BCUT2D eigenvalue weighted by atomic mass is 15.2. The zero-order valence-electron chi connectivity index (χ0n) is 13.4. The van der Waals surface area contributed by atoms with Gasteiger partial charge in [0.05, 0.1) is 0 Å². The van der Waals surface area contributed by atoms with Crippen LogP contribution in [0.1, 0.15) is 78.1 Å². The summed E-state index contributed by atoms with van der Waals surface area (Å²) in [5, 5.41) is 3.49. The van der Waals surface area contributed by atoms with Crippen molar-refractivity contribution < 1.29 is 0 Å². The quantitative estimate of drug-likeness (QED) is 0.565. The summed E-state index contributed by atoms with van der Waals surface area (Å²) in [6, 6.07) is 0.907. The van der Waals surface area contributed by atoms with Gasteiger partial charge in [-0.05, 0) is 64.7 Å². The number of rotatable bonds is 11. The van der Waals surface area contributed by atoms with E-state index in [1.807, 2.05) is 0 Å². The third-order valence-corrected chi connectivity index (χ3v) is 4.35. The number of piperidine rings is 1. The highest BCUT2D eigenvalue weighted by Gasteiger charge is 2.20. The molecule has 1 N–H and O–H groups in total. The van der Waals surface area contributed by atoms with Crippen LogP contribution in [0.15, 0.2) is 0 Å². The Kier molecular flexibility index (Phi) is 10.5. The van der Waals surface area contributed by atoms with E-state index in [4.69, 9.17) is 0 Å². The monoisotopic (exact) mass is 268 g/mol. The molecule has 0 aromatic rings. The Hall–Kier alpha value is -0.0800. The molecule has 2 nitrogen and oxygen atoms in total. The van der Waals surface area contributed by atoms with Gasteiger partial charge in [-0.25, -0.2) is 0 Å². The average Bonchev–Trinajstić information content (AvgIpc) is 2.44. The normalized spacial score (nSPS) is 20.8. The number of likely N-dealkylation sites (tertiary alicyclic amines) is 1. The molecule has 1 aliphatic rings. The van der Waals surface area contributed by atoms with Gasteiger partial charge in [-0.3, -0.25) is 0 Å². The van der Waals surface area contributed by atoms with Crippen LogP contribution in [0.3, 0.4) is 0 Å². The SMILES string of the molecule is CCCNCCCCCCN1CCCCC1CCC. The van der Waals surface area contributed by atoms with E-state index in [9.17, 15) is 0 Å². The molecule has 1 rings (SSSR count). The highest BCUT2D eigenvalue weighted by molar-refractivity contribution is 4.76. The Labute approximate surface area is 121 Å². The molecule has 114 valence electrons. The molecule has 1 heterocycles. The van der Waals surface area contributed by atoms with Crippen molar-refractivity contribution in [1.82, 2.24) is 10.2 Å². The lowest BCUT2D eigenvalue weighted by atomic mass is 9.98. The molecule has 1 unspecified atom stereocenters. The number of hydrogen-bond donors (Lipinski definition) is 1. The van der Waals surface area contributed by atoms with Crippen molar-refractivity contribution in [2.24, 2.45) is 0 Å². The zero-order chi connectivity index (χ0) is 13.8. The fourth-order valence-corrected chi connectivity index (χ4v) is 3.23. The molecular formula is C17H36N2. The van der Waals surface area contributed by atoms with E-state index in [1.165, 1.54) is 90.4 Å². The maximum absolute atomic E-state index is 3.49. The van der Waals surface area contributed by atoms with Crippen molar-refractivity contribution in [2.75, 3.05) is 26.2 Å². The van der Waals surface area contributed by atoms with Crippen LogP contribution in [0.4, 0.5) is 0 Å². The summed E-state index contributed by atoms with van der Waals surface area (Å²) in [4.78, 5) is 2.78. The Morgan fingerprint density at radius 3 is 2.58 bits per heavy atom. The molecular weight excluding hydrogens is 232 g/mol. The predicted molar refractivity (Wildman–Crippen MR) is 85.7 cm³/mol. The minimum absolute atomic E-state index is 0.907. The van der Waals surface area contributed by atoms with E-state index in [0.29, 0.717) is 0 Å². The second kappa shape index (κ2) is 11.7. The number of unbranched alkanes of at least 4 members (excludes halogenated alkanes) is 3. The molecule has 0 aromatic heterocycles. The van der Waals surface area contributed by atoms with Crippen LogP contribution in [0.2, 0.25) is 0 Å². The molecule has 1 fully saturated rings. The number of nitrogens with one attached hydrogen (secondary N) is 1. The van der Waals surface area contributed by atoms with Crippen LogP contribution in [-0.2, 0) is 0 Å². The largest absolute Gasteiger partial charge is 0.317 e. The summed E-state index contributed by atoms with van der Waals surface area (Å²) < 4.78 is 0. The van der Waals surface area contributed by atoms with Crippen LogP contribution >= 0.6 is 0 Å². The Balaban J connectivity index is 1.97. The van der Waals surface area contributed by atoms with Crippen molar-refractivity contribution >= 4 is 0 Å². The molecule has 0 amide bonds. The fourth-order valence-electron chi connectivity index (χ4n) is 3.23. The standard InChI is InChI=1S/C17H36N2/c1-3-11-17-12-7-10-16-19(17)15-9-6-5-8-14-18-13-4-2/h17-18H,3-16H2,1-2H3. The minimum atomic E-state index is 0.907. The van der Waals surface area contributed by atoms with Crippen molar-refractivity contribution in [2.45, 2.75) is 84.1 Å². The Morgan fingerprint density at radius 1 is 0.947 bits per heavy atom. The molecule has 0 radical (unpaired) electrons. The van der Waals surface area contributed by atoms with Crippen LogP contribution in [0.25, 0.3) is 0 Å². The van der Waals surface area contributed by atoms with Crippen LogP contribution in [-0.4, -0.2) is 37.1 Å². The topological polar surface area (TPSA) is 15.3 Å². The molecule has 0 spiro atoms. The third kappa shape index (κ3) is 7.94. The first-order valence-corrected chi connectivity index (χ1v) is 8.83. The molecule has 0 bridgehead atoms. The first-order chi connectivity index (χ1) is 9.38. The maximum atomic E-state index is 3.49. The van der Waals surface area contributed by atoms with E-state index in [0.717, 1.165) is 6.04 Å². The predicted octanol–water partition coefficient (Wildman–Crippen LogP) is 4.20. The zero-order valence-corrected chi connectivity index (χ0v) is 13.4. The van der Waals surface area contributed by atoms with Gasteiger partial charge in [0.25, 0.3) is 0 Å². The summed E-state index contributed by atoms with van der Waals surface area (Å²) in [6.45, 7) is 9.69. The first-order valence-electron chi connectivity index (χ1n) is 8.83. The molecule has 1 atom stereocenters. The summed E-state index contributed by atoms with van der Waals surface area (Å²) in [7, 11) is 0. The van der Waals surface area contributed by atoms with E-state index in [-0.39, 0.29) is 0 Å². The van der Waals surface area contributed by atoms with Crippen LogP contribution in [0.5, 0.6) is 0 Å². The second-order valence-electron chi connectivity index (χ2n) is 6.14. The van der Waals surface area contributed by atoms with Gasteiger partial charge in [-0.2, -0.15) is 0 Å². The van der Waals surface area contributed by atoms with Crippen molar-refractivity contribution in [3.05, 3.63) is 0 Å². The Morgan fingerprint density at radius 2 is 1.79 bits per heavy atom. The van der Waals surface area contributed by atoms with Crippen molar-refractivity contribution in [3.8, 4) is 0 Å². The minimum Gasteiger partial charge on any atom is -0.317 e. The summed E-state index contributed by atoms with van der Waals surface area (Å²) >= 11 is 0. The van der Waals surface area contributed by atoms with E-state index in [2.05, 4.69) is 24.1 Å². The first kappa shape index (κ1) is 17.0. The van der Waals surface area contributed by atoms with Gasteiger partial charge in [0.1, 0.15) is 0 Å². The number of hydrogen-bond acceptors (Lipinski definition) is 2. The lowest BCUT2D eigenvalue weighted by molar-refractivity contribution is 0.137. The molecule has 0 aromatic carbocycles. The molecule has 19 heavy (non-hydrogen) atoms. The highest BCUT2D eigenvalue weighted by Crippen LogP contribution is 2.21. The van der Waals surface area contributed by atoms with Crippen molar-refractivity contribution in [1.29, 1.82) is 0 Å². The number of nitrogens with zero attached hydrogens (tertiary/aromatic N) is 1.